The van der Waals surface area contributed by atoms with E-state index in [9.17, 15) is 12.8 Å². The van der Waals surface area contributed by atoms with Crippen molar-refractivity contribution in [3.05, 3.63) is 78.8 Å². The summed E-state index contributed by atoms with van der Waals surface area (Å²) in [6.45, 7) is -0.0374. The van der Waals surface area contributed by atoms with E-state index < -0.39 is 15.8 Å². The van der Waals surface area contributed by atoms with Crippen LogP contribution in [0.5, 0.6) is 0 Å². The van der Waals surface area contributed by atoms with Crippen LogP contribution < -0.4 is 4.72 Å². The highest BCUT2D eigenvalue weighted by atomic mass is 32.2. The lowest BCUT2D eigenvalue weighted by Gasteiger charge is -2.07. The summed E-state index contributed by atoms with van der Waals surface area (Å²) in [5.74, 6) is -0.00105. The Labute approximate surface area is 210 Å². The Kier molecular flexibility index (Phi) is 5.46. The minimum Gasteiger partial charge on any atom is -0.335 e. The summed E-state index contributed by atoms with van der Waals surface area (Å²) >= 11 is 0. The Balaban J connectivity index is 1.44. The Morgan fingerprint density at radius 1 is 1.00 bits per heavy atom. The molecule has 0 aliphatic carbocycles. The van der Waals surface area contributed by atoms with Crippen LogP contribution >= 0.6 is 0 Å². The van der Waals surface area contributed by atoms with E-state index in [1.807, 2.05) is 18.2 Å². The molecule has 6 rings (SSSR count). The highest BCUT2D eigenvalue weighted by Crippen LogP contribution is 2.32. The van der Waals surface area contributed by atoms with Crippen molar-refractivity contribution in [1.29, 1.82) is 0 Å². The first kappa shape index (κ1) is 22.9. The van der Waals surface area contributed by atoms with Gasteiger partial charge < -0.3 is 4.98 Å². The van der Waals surface area contributed by atoms with Gasteiger partial charge in [0.05, 0.1) is 28.9 Å². The number of H-pyrrole nitrogens is 2. The number of aromatic amines is 2. The smallest absolute Gasteiger partial charge is 0.209 e. The fourth-order valence-electron chi connectivity index (χ4n) is 4.15. The number of nitrogens with one attached hydrogen (secondary N) is 3. The molecule has 12 heteroatoms. The van der Waals surface area contributed by atoms with Crippen molar-refractivity contribution >= 4 is 32.1 Å². The Hall–Kier alpha value is -4.55. The van der Waals surface area contributed by atoms with Crippen LogP contribution in [-0.4, -0.2) is 49.8 Å². The SMILES string of the molecule is CS(=O)(=O)NCc1cc(F)cc(-c2cncc3[nH]c(-c4n[nH]c5ncc(-c6cccnc6)cc45)nc23)c1. The molecule has 1 aromatic carbocycles. The van der Waals surface area contributed by atoms with Gasteiger partial charge in [0.25, 0.3) is 0 Å². The summed E-state index contributed by atoms with van der Waals surface area (Å²) in [7, 11) is -3.43. The summed E-state index contributed by atoms with van der Waals surface area (Å²) in [5.41, 5.74) is 5.79. The molecule has 0 aliphatic heterocycles. The van der Waals surface area contributed by atoms with Crippen molar-refractivity contribution in [3.63, 3.8) is 0 Å². The Morgan fingerprint density at radius 2 is 1.89 bits per heavy atom. The maximum atomic E-state index is 14.5. The lowest BCUT2D eigenvalue weighted by molar-refractivity contribution is 0.586. The molecule has 0 fully saturated rings. The molecule has 10 nitrogen and oxygen atoms in total. The zero-order valence-electron chi connectivity index (χ0n) is 19.4. The second kappa shape index (κ2) is 8.84. The van der Waals surface area contributed by atoms with E-state index in [4.69, 9.17) is 4.98 Å². The third-order valence-corrected chi connectivity index (χ3v) is 6.51. The van der Waals surface area contributed by atoms with Crippen molar-refractivity contribution in [2.24, 2.45) is 0 Å². The minimum absolute atomic E-state index is 0.0374. The number of nitrogens with zero attached hydrogens (tertiary/aromatic N) is 5. The van der Waals surface area contributed by atoms with Crippen molar-refractivity contribution in [3.8, 4) is 33.8 Å². The van der Waals surface area contributed by atoms with E-state index in [2.05, 4.69) is 34.9 Å². The molecule has 0 aliphatic rings. The van der Waals surface area contributed by atoms with Crippen molar-refractivity contribution in [2.75, 3.05) is 6.26 Å². The standard InChI is InChI=1S/C25H19FN8O2S/c1-37(35,36)30-9-14-5-16(7-18(26)6-14)20-12-28-13-21-22(20)32-25(31-21)23-19-8-17(11-29-24(19)34-33-23)15-3-2-4-27-10-15/h2-8,10-13,30H,9H2,1H3,(H,31,32)(H,29,33,34). The number of hydrogen-bond acceptors (Lipinski definition) is 7. The van der Waals surface area contributed by atoms with Gasteiger partial charge in [0.2, 0.25) is 10.0 Å². The van der Waals surface area contributed by atoms with E-state index in [0.717, 1.165) is 22.8 Å². The number of fused-ring (bicyclic) bond motifs is 2. The maximum Gasteiger partial charge on any atom is 0.209 e. The van der Waals surface area contributed by atoms with Gasteiger partial charge in [-0.05, 0) is 41.5 Å². The number of hydrogen-bond donors (Lipinski definition) is 3. The number of benzene rings is 1. The third kappa shape index (κ3) is 4.55. The molecule has 6 aromatic rings. The largest absolute Gasteiger partial charge is 0.335 e. The molecule has 5 aromatic heterocycles. The molecule has 0 radical (unpaired) electrons. The van der Waals surface area contributed by atoms with E-state index in [1.54, 1.807) is 37.1 Å². The lowest BCUT2D eigenvalue weighted by atomic mass is 10.0. The van der Waals surface area contributed by atoms with Crippen LogP contribution in [0.15, 0.2) is 67.4 Å². The summed E-state index contributed by atoms with van der Waals surface area (Å²) in [6, 6.07) is 10.1. The van der Waals surface area contributed by atoms with Crippen LogP contribution in [0.4, 0.5) is 4.39 Å². The van der Waals surface area contributed by atoms with Crippen molar-refractivity contribution in [2.45, 2.75) is 6.54 Å². The van der Waals surface area contributed by atoms with Crippen LogP contribution in [0.3, 0.4) is 0 Å². The minimum atomic E-state index is -3.43. The molecular formula is C25H19FN8O2S. The van der Waals surface area contributed by atoms with E-state index in [1.165, 1.54) is 12.1 Å². The lowest BCUT2D eigenvalue weighted by Crippen LogP contribution is -2.21. The van der Waals surface area contributed by atoms with Gasteiger partial charge in [-0.1, -0.05) is 6.07 Å². The Bertz CT molecular complexity index is 1880. The first-order valence-corrected chi connectivity index (χ1v) is 13.1. The highest BCUT2D eigenvalue weighted by molar-refractivity contribution is 7.88. The number of sulfonamides is 1. The number of aromatic nitrogens is 7. The van der Waals surface area contributed by atoms with E-state index >= 15 is 0 Å². The molecule has 184 valence electrons. The van der Waals surface area contributed by atoms with Crippen LogP contribution in [0.1, 0.15) is 5.56 Å². The van der Waals surface area contributed by atoms with Crippen LogP contribution in [0.2, 0.25) is 0 Å². The van der Waals surface area contributed by atoms with Crippen LogP contribution in [0, 0.1) is 5.82 Å². The van der Waals surface area contributed by atoms with Gasteiger partial charge in [-0.3, -0.25) is 15.1 Å². The third-order valence-electron chi connectivity index (χ3n) is 5.84. The topological polar surface area (TPSA) is 142 Å². The summed E-state index contributed by atoms with van der Waals surface area (Å²) < 4.78 is 39.8. The molecule has 0 saturated heterocycles. The molecule has 0 saturated carbocycles. The monoisotopic (exact) mass is 514 g/mol. The second-order valence-electron chi connectivity index (χ2n) is 8.54. The molecule has 0 bridgehead atoms. The average molecular weight is 515 g/mol. The van der Waals surface area contributed by atoms with Gasteiger partial charge in [-0.2, -0.15) is 5.10 Å². The van der Waals surface area contributed by atoms with Crippen LogP contribution in [-0.2, 0) is 16.6 Å². The van der Waals surface area contributed by atoms with E-state index in [0.29, 0.717) is 44.9 Å². The molecule has 3 N–H and O–H groups in total. The van der Waals surface area contributed by atoms with Gasteiger partial charge in [-0.25, -0.2) is 27.5 Å². The number of halogens is 1. The summed E-state index contributed by atoms with van der Waals surface area (Å²) in [5, 5.41) is 8.14. The molecular weight excluding hydrogens is 495 g/mol. The van der Waals surface area contributed by atoms with Crippen LogP contribution in [0.25, 0.3) is 55.8 Å². The zero-order valence-corrected chi connectivity index (χ0v) is 20.2. The fraction of sp³-hybridized carbons (Fsp3) is 0.0800. The highest BCUT2D eigenvalue weighted by Gasteiger charge is 2.17. The average Bonchev–Trinajstić information content (AvgIpc) is 3.51. The van der Waals surface area contributed by atoms with Gasteiger partial charge >= 0.3 is 0 Å². The normalized spacial score (nSPS) is 11.9. The van der Waals surface area contributed by atoms with Gasteiger partial charge in [0.15, 0.2) is 11.5 Å². The molecule has 0 unspecified atom stereocenters. The predicted octanol–water partition coefficient (Wildman–Crippen LogP) is 3.81. The molecule has 5 heterocycles. The van der Waals surface area contributed by atoms with Gasteiger partial charge in [0.1, 0.15) is 11.5 Å². The quantitative estimate of drug-likeness (QED) is 0.307. The molecule has 0 amide bonds. The second-order valence-corrected chi connectivity index (χ2v) is 10.4. The van der Waals surface area contributed by atoms with Crippen molar-refractivity contribution < 1.29 is 12.8 Å². The number of pyridine rings is 3. The molecule has 37 heavy (non-hydrogen) atoms. The maximum absolute atomic E-state index is 14.5. The number of imidazole rings is 1. The zero-order chi connectivity index (χ0) is 25.6. The Morgan fingerprint density at radius 3 is 2.70 bits per heavy atom. The van der Waals surface area contributed by atoms with E-state index in [-0.39, 0.29) is 6.54 Å². The summed E-state index contributed by atoms with van der Waals surface area (Å²) in [6.07, 6.45) is 9.51. The van der Waals surface area contributed by atoms with Gasteiger partial charge in [0, 0.05) is 48.0 Å². The van der Waals surface area contributed by atoms with Crippen molar-refractivity contribution in [1.82, 2.24) is 39.8 Å². The van der Waals surface area contributed by atoms with Gasteiger partial charge in [-0.15, -0.1) is 0 Å². The molecule has 0 spiro atoms. The first-order chi connectivity index (χ1) is 17.8. The number of rotatable bonds is 6. The first-order valence-electron chi connectivity index (χ1n) is 11.2. The fourth-order valence-corrected chi connectivity index (χ4v) is 4.58. The molecule has 0 atom stereocenters. The predicted molar refractivity (Wildman–Crippen MR) is 137 cm³/mol. The summed E-state index contributed by atoms with van der Waals surface area (Å²) in [4.78, 5) is 21.0.